The number of carbonyl (C=O) groups is 1. The Balaban J connectivity index is 1.94. The van der Waals surface area contributed by atoms with E-state index < -0.39 is 0 Å². The Morgan fingerprint density at radius 2 is 2.05 bits per heavy atom. The second-order valence-corrected chi connectivity index (χ2v) is 4.85. The predicted octanol–water partition coefficient (Wildman–Crippen LogP) is 1.88. The van der Waals surface area contributed by atoms with Crippen LogP contribution in [0.4, 0.5) is 10.5 Å². The van der Waals surface area contributed by atoms with Gasteiger partial charge in [-0.15, -0.1) is 0 Å². The van der Waals surface area contributed by atoms with Crippen LogP contribution >= 0.6 is 0 Å². The first-order valence-electron chi connectivity index (χ1n) is 6.64. The summed E-state index contributed by atoms with van der Waals surface area (Å²) in [5, 5.41) is 10.3. The molecule has 2 rings (SSSR count). The number of nitrogens with zero attached hydrogens (tertiary/aromatic N) is 1. The number of hydrogen-bond donors (Lipinski definition) is 3. The van der Waals surface area contributed by atoms with Gasteiger partial charge in [-0.2, -0.15) is 0 Å². The first kappa shape index (κ1) is 14.2. The Morgan fingerprint density at radius 1 is 1.40 bits per heavy atom. The van der Waals surface area contributed by atoms with Crippen molar-refractivity contribution < 1.29 is 9.53 Å². The summed E-state index contributed by atoms with van der Waals surface area (Å²) in [6.45, 7) is 1.23. The standard InChI is InChI=1S/C14H20N4O2/c1-20-12-5-3-2-4-11(12)17-14(19)18-8-6-10(7-9-18)13(15)16/h2-5,10H,6-9H2,1H3,(H3,15,16)(H,17,19). The molecule has 0 saturated carbocycles. The number of piperidine rings is 1. The van der Waals surface area contributed by atoms with E-state index in [-0.39, 0.29) is 17.8 Å². The van der Waals surface area contributed by atoms with Crippen LogP contribution in [0.2, 0.25) is 0 Å². The summed E-state index contributed by atoms with van der Waals surface area (Å²) >= 11 is 0. The maximum atomic E-state index is 12.2. The number of benzene rings is 1. The maximum Gasteiger partial charge on any atom is 0.321 e. The van der Waals surface area contributed by atoms with Crippen LogP contribution in [0, 0.1) is 11.3 Å². The molecular weight excluding hydrogens is 256 g/mol. The minimum atomic E-state index is -0.142. The topological polar surface area (TPSA) is 91.4 Å². The second-order valence-electron chi connectivity index (χ2n) is 4.85. The summed E-state index contributed by atoms with van der Waals surface area (Å²) in [5.74, 6) is 0.958. The number of methoxy groups -OCH3 is 1. The molecule has 1 fully saturated rings. The number of para-hydroxylation sites is 2. The minimum Gasteiger partial charge on any atom is -0.495 e. The number of nitrogens with one attached hydrogen (secondary N) is 2. The largest absolute Gasteiger partial charge is 0.495 e. The quantitative estimate of drug-likeness (QED) is 0.581. The molecule has 20 heavy (non-hydrogen) atoms. The smallest absolute Gasteiger partial charge is 0.321 e. The normalized spacial score (nSPS) is 15.8. The molecule has 1 aromatic carbocycles. The van der Waals surface area contributed by atoms with Crippen LogP contribution in [-0.4, -0.2) is 37.0 Å². The highest BCUT2D eigenvalue weighted by atomic mass is 16.5. The van der Waals surface area contributed by atoms with Gasteiger partial charge in [-0.05, 0) is 25.0 Å². The fourth-order valence-electron chi connectivity index (χ4n) is 2.34. The summed E-state index contributed by atoms with van der Waals surface area (Å²) in [4.78, 5) is 13.9. The number of anilines is 1. The van der Waals surface area contributed by atoms with Crippen molar-refractivity contribution in [3.8, 4) is 5.75 Å². The van der Waals surface area contributed by atoms with Gasteiger partial charge in [-0.25, -0.2) is 4.79 Å². The summed E-state index contributed by atoms with van der Waals surface area (Å²) in [7, 11) is 1.57. The zero-order valence-electron chi connectivity index (χ0n) is 11.6. The van der Waals surface area contributed by atoms with E-state index in [1.165, 1.54) is 0 Å². The number of hydrogen-bond acceptors (Lipinski definition) is 3. The molecule has 0 atom stereocenters. The predicted molar refractivity (Wildman–Crippen MR) is 78.2 cm³/mol. The van der Waals surface area contributed by atoms with E-state index in [4.69, 9.17) is 15.9 Å². The molecule has 108 valence electrons. The van der Waals surface area contributed by atoms with Crippen LogP contribution in [0.25, 0.3) is 0 Å². The van der Waals surface area contributed by atoms with Crippen molar-refractivity contribution in [2.45, 2.75) is 12.8 Å². The fourth-order valence-corrected chi connectivity index (χ4v) is 2.34. The second kappa shape index (κ2) is 6.27. The lowest BCUT2D eigenvalue weighted by Gasteiger charge is -2.31. The van der Waals surface area contributed by atoms with Crippen molar-refractivity contribution in [2.24, 2.45) is 11.7 Å². The highest BCUT2D eigenvalue weighted by Crippen LogP contribution is 2.24. The summed E-state index contributed by atoms with van der Waals surface area (Å²) in [5.41, 5.74) is 6.16. The zero-order valence-corrected chi connectivity index (χ0v) is 11.6. The Labute approximate surface area is 118 Å². The lowest BCUT2D eigenvalue weighted by Crippen LogP contribution is -2.43. The fraction of sp³-hybridized carbons (Fsp3) is 0.429. The first-order chi connectivity index (χ1) is 9.61. The van der Waals surface area contributed by atoms with Gasteiger partial charge in [-0.3, -0.25) is 5.41 Å². The molecule has 6 heteroatoms. The number of ether oxygens (including phenoxy) is 1. The number of likely N-dealkylation sites (tertiary alicyclic amines) is 1. The van der Waals surface area contributed by atoms with Gasteiger partial charge in [0.2, 0.25) is 0 Å². The Hall–Kier alpha value is -2.24. The first-order valence-corrected chi connectivity index (χ1v) is 6.64. The van der Waals surface area contributed by atoms with Gasteiger partial charge in [0.25, 0.3) is 0 Å². The van der Waals surface area contributed by atoms with Gasteiger partial charge >= 0.3 is 6.03 Å². The van der Waals surface area contributed by atoms with Crippen LogP contribution in [0.3, 0.4) is 0 Å². The number of amides is 2. The number of urea groups is 1. The molecule has 0 aliphatic carbocycles. The van der Waals surface area contributed by atoms with Crippen LogP contribution in [-0.2, 0) is 0 Å². The minimum absolute atomic E-state index is 0.102. The Bertz CT molecular complexity index is 496. The Morgan fingerprint density at radius 3 is 2.65 bits per heavy atom. The molecule has 2 amide bonds. The van der Waals surface area contributed by atoms with Crippen molar-refractivity contribution in [3.63, 3.8) is 0 Å². The number of carbonyl (C=O) groups excluding carboxylic acids is 1. The van der Waals surface area contributed by atoms with Crippen molar-refractivity contribution in [1.29, 1.82) is 5.41 Å². The molecule has 1 aliphatic heterocycles. The van der Waals surface area contributed by atoms with Crippen molar-refractivity contribution >= 4 is 17.6 Å². The van der Waals surface area contributed by atoms with Crippen LogP contribution < -0.4 is 15.8 Å². The van der Waals surface area contributed by atoms with Gasteiger partial charge < -0.3 is 20.7 Å². The third-order valence-corrected chi connectivity index (χ3v) is 3.57. The van der Waals surface area contributed by atoms with Gasteiger partial charge in [-0.1, -0.05) is 12.1 Å². The maximum absolute atomic E-state index is 12.2. The lowest BCUT2D eigenvalue weighted by molar-refractivity contribution is 0.193. The number of amidine groups is 1. The lowest BCUT2D eigenvalue weighted by atomic mass is 9.96. The molecule has 0 radical (unpaired) electrons. The molecule has 0 spiro atoms. The molecule has 0 aromatic heterocycles. The van der Waals surface area contributed by atoms with Gasteiger partial charge in [0.05, 0.1) is 18.6 Å². The van der Waals surface area contributed by atoms with E-state index in [2.05, 4.69) is 5.32 Å². The van der Waals surface area contributed by atoms with Gasteiger partial charge in [0.1, 0.15) is 5.75 Å². The molecular formula is C14H20N4O2. The molecule has 4 N–H and O–H groups in total. The van der Waals surface area contributed by atoms with E-state index in [0.29, 0.717) is 24.5 Å². The molecule has 1 aromatic rings. The van der Waals surface area contributed by atoms with E-state index in [0.717, 1.165) is 12.8 Å². The van der Waals surface area contributed by atoms with Crippen molar-refractivity contribution in [3.05, 3.63) is 24.3 Å². The third kappa shape index (κ3) is 3.20. The molecule has 1 heterocycles. The molecule has 0 unspecified atom stereocenters. The van der Waals surface area contributed by atoms with Gasteiger partial charge in [0.15, 0.2) is 0 Å². The van der Waals surface area contributed by atoms with E-state index in [1.807, 2.05) is 12.1 Å². The number of rotatable bonds is 3. The molecule has 1 aliphatic rings. The summed E-state index contributed by atoms with van der Waals surface area (Å²) in [6.07, 6.45) is 1.49. The molecule has 1 saturated heterocycles. The molecule has 0 bridgehead atoms. The van der Waals surface area contributed by atoms with Crippen LogP contribution in [0.1, 0.15) is 12.8 Å². The van der Waals surface area contributed by atoms with E-state index in [1.54, 1.807) is 24.1 Å². The average molecular weight is 276 g/mol. The summed E-state index contributed by atoms with van der Waals surface area (Å²) in [6, 6.07) is 7.17. The van der Waals surface area contributed by atoms with E-state index in [9.17, 15) is 4.79 Å². The number of nitrogens with two attached hydrogens (primary N) is 1. The Kier molecular flexibility index (Phi) is 4.45. The monoisotopic (exact) mass is 276 g/mol. The van der Waals surface area contributed by atoms with Crippen LogP contribution in [0.15, 0.2) is 24.3 Å². The highest BCUT2D eigenvalue weighted by Gasteiger charge is 2.24. The van der Waals surface area contributed by atoms with Crippen LogP contribution in [0.5, 0.6) is 5.75 Å². The third-order valence-electron chi connectivity index (χ3n) is 3.57. The highest BCUT2D eigenvalue weighted by molar-refractivity contribution is 5.91. The van der Waals surface area contributed by atoms with Crippen molar-refractivity contribution in [1.82, 2.24) is 4.90 Å². The van der Waals surface area contributed by atoms with Gasteiger partial charge in [0, 0.05) is 19.0 Å². The van der Waals surface area contributed by atoms with E-state index >= 15 is 0 Å². The summed E-state index contributed by atoms with van der Waals surface area (Å²) < 4.78 is 5.20. The molecule has 6 nitrogen and oxygen atoms in total. The SMILES string of the molecule is COc1ccccc1NC(=O)N1CCC(C(=N)N)CC1. The zero-order chi connectivity index (χ0) is 14.5. The van der Waals surface area contributed by atoms with Crippen molar-refractivity contribution in [2.75, 3.05) is 25.5 Å². The average Bonchev–Trinajstić information content (AvgIpc) is 2.48.